The minimum atomic E-state index is -0.939. The Morgan fingerprint density at radius 2 is 1.69 bits per heavy atom. The van der Waals surface area contributed by atoms with Gasteiger partial charge in [-0.2, -0.15) is 0 Å². The van der Waals surface area contributed by atoms with Gasteiger partial charge in [0.05, 0.1) is 6.04 Å². The number of halogens is 1. The predicted molar refractivity (Wildman–Crippen MR) is 97.8 cm³/mol. The molecule has 1 saturated carbocycles. The molecular weight excluding hydrogens is 331 g/mol. The van der Waals surface area contributed by atoms with Crippen molar-refractivity contribution in [2.45, 2.75) is 32.2 Å². The molecule has 1 aliphatic carbocycles. The van der Waals surface area contributed by atoms with Gasteiger partial charge in [-0.15, -0.1) is 0 Å². The third kappa shape index (κ3) is 4.10. The van der Waals surface area contributed by atoms with Crippen molar-refractivity contribution in [3.05, 3.63) is 71.5 Å². The Bertz CT molecular complexity index is 770. The van der Waals surface area contributed by atoms with E-state index >= 15 is 0 Å². The molecule has 2 amide bonds. The second-order valence-electron chi connectivity index (χ2n) is 6.82. The first-order valence-electron chi connectivity index (χ1n) is 8.90. The lowest BCUT2D eigenvalue weighted by Crippen LogP contribution is -2.44. The van der Waals surface area contributed by atoms with Crippen LogP contribution in [0.5, 0.6) is 0 Å². The van der Waals surface area contributed by atoms with Gasteiger partial charge < -0.3 is 10.6 Å². The van der Waals surface area contributed by atoms with Crippen molar-refractivity contribution >= 4 is 11.8 Å². The topological polar surface area (TPSA) is 58.2 Å². The molecule has 0 aromatic heterocycles. The Kier molecular flexibility index (Phi) is 5.35. The Morgan fingerprint density at radius 1 is 1.04 bits per heavy atom. The molecule has 0 heterocycles. The summed E-state index contributed by atoms with van der Waals surface area (Å²) in [5, 5.41) is 5.80. The summed E-state index contributed by atoms with van der Waals surface area (Å²) >= 11 is 0. The van der Waals surface area contributed by atoms with Gasteiger partial charge in [0, 0.05) is 6.54 Å². The van der Waals surface area contributed by atoms with Crippen LogP contribution in [-0.2, 0) is 16.0 Å². The van der Waals surface area contributed by atoms with E-state index in [2.05, 4.69) is 10.6 Å². The van der Waals surface area contributed by atoms with Crippen LogP contribution < -0.4 is 10.6 Å². The third-order valence-corrected chi connectivity index (χ3v) is 4.88. The first-order chi connectivity index (χ1) is 12.5. The average molecular weight is 354 g/mol. The molecule has 0 radical (unpaired) electrons. The quantitative estimate of drug-likeness (QED) is 0.751. The first kappa shape index (κ1) is 18.1. The number of hydrogen-bond acceptors (Lipinski definition) is 2. The molecule has 0 bridgehead atoms. The number of carbonyl (C=O) groups is 2. The van der Waals surface area contributed by atoms with Gasteiger partial charge in [-0.3, -0.25) is 9.59 Å². The summed E-state index contributed by atoms with van der Waals surface area (Å²) in [6, 6.07) is 15.7. The number of amides is 2. The summed E-state index contributed by atoms with van der Waals surface area (Å²) in [5.74, 6) is -0.718. The fraction of sp³-hybridized carbons (Fsp3) is 0.333. The highest BCUT2D eigenvalue weighted by molar-refractivity contribution is 6.07. The van der Waals surface area contributed by atoms with Gasteiger partial charge in [0.2, 0.25) is 11.8 Å². The van der Waals surface area contributed by atoms with Crippen molar-refractivity contribution in [3.63, 3.8) is 0 Å². The van der Waals surface area contributed by atoms with Gasteiger partial charge in [0.15, 0.2) is 0 Å². The standard InChI is InChI=1S/C21H23FN2O2/c1-15(17-5-3-2-4-6-17)24-20(26)21(12-13-21)19(25)23-14-11-16-7-9-18(22)10-8-16/h2-10,15H,11-14H2,1H3,(H,23,25)(H,24,26). The molecule has 1 unspecified atom stereocenters. The Morgan fingerprint density at radius 3 is 2.31 bits per heavy atom. The molecule has 0 saturated heterocycles. The zero-order chi connectivity index (χ0) is 18.6. The van der Waals surface area contributed by atoms with Crippen molar-refractivity contribution in [2.75, 3.05) is 6.54 Å². The molecule has 0 spiro atoms. The van der Waals surface area contributed by atoms with Gasteiger partial charge in [-0.25, -0.2) is 4.39 Å². The zero-order valence-corrected chi connectivity index (χ0v) is 14.8. The van der Waals surface area contributed by atoms with E-state index in [-0.39, 0.29) is 23.7 Å². The smallest absolute Gasteiger partial charge is 0.236 e. The molecule has 136 valence electrons. The number of benzene rings is 2. The monoisotopic (exact) mass is 354 g/mol. The van der Waals surface area contributed by atoms with Crippen LogP contribution in [0.2, 0.25) is 0 Å². The lowest BCUT2D eigenvalue weighted by molar-refractivity contribution is -0.137. The molecule has 2 aromatic carbocycles. The summed E-state index contributed by atoms with van der Waals surface area (Å²) in [6.45, 7) is 2.34. The lowest BCUT2D eigenvalue weighted by atomic mass is 10.0. The van der Waals surface area contributed by atoms with Gasteiger partial charge in [-0.1, -0.05) is 42.5 Å². The Balaban J connectivity index is 1.51. The number of carbonyl (C=O) groups excluding carboxylic acids is 2. The maximum atomic E-state index is 12.9. The van der Waals surface area contributed by atoms with Crippen molar-refractivity contribution < 1.29 is 14.0 Å². The van der Waals surface area contributed by atoms with Crippen LogP contribution in [0.4, 0.5) is 4.39 Å². The van der Waals surface area contributed by atoms with Crippen LogP contribution in [0, 0.1) is 11.2 Å². The van der Waals surface area contributed by atoms with Crippen LogP contribution in [0.15, 0.2) is 54.6 Å². The van der Waals surface area contributed by atoms with Gasteiger partial charge in [0.25, 0.3) is 0 Å². The van der Waals surface area contributed by atoms with Gasteiger partial charge >= 0.3 is 0 Å². The SMILES string of the molecule is CC(NC(=O)C1(C(=O)NCCc2ccc(F)cc2)CC1)c1ccccc1. The summed E-state index contributed by atoms with van der Waals surface area (Å²) in [5.41, 5.74) is 1.01. The number of hydrogen-bond donors (Lipinski definition) is 2. The minimum absolute atomic E-state index is 0.145. The fourth-order valence-electron chi connectivity index (χ4n) is 2.98. The first-order valence-corrected chi connectivity index (χ1v) is 8.90. The summed E-state index contributed by atoms with van der Waals surface area (Å²) in [4.78, 5) is 25.1. The van der Waals surface area contributed by atoms with E-state index in [9.17, 15) is 14.0 Å². The molecule has 2 N–H and O–H groups in total. The summed E-state index contributed by atoms with van der Waals surface area (Å²) < 4.78 is 12.9. The zero-order valence-electron chi connectivity index (χ0n) is 14.8. The molecule has 26 heavy (non-hydrogen) atoms. The van der Waals surface area contributed by atoms with Crippen molar-refractivity contribution in [1.29, 1.82) is 0 Å². The second-order valence-corrected chi connectivity index (χ2v) is 6.82. The largest absolute Gasteiger partial charge is 0.355 e. The predicted octanol–water partition coefficient (Wildman–Crippen LogP) is 3.14. The lowest BCUT2D eigenvalue weighted by Gasteiger charge is -2.19. The molecule has 2 aromatic rings. The van der Waals surface area contributed by atoms with Crippen molar-refractivity contribution in [3.8, 4) is 0 Å². The minimum Gasteiger partial charge on any atom is -0.355 e. The number of rotatable bonds is 7. The normalized spacial score (nSPS) is 15.8. The summed E-state index contributed by atoms with van der Waals surface area (Å²) in [6.07, 6.45) is 1.75. The Labute approximate surface area is 152 Å². The number of nitrogens with one attached hydrogen (secondary N) is 2. The van der Waals surface area contributed by atoms with Crippen molar-refractivity contribution in [1.82, 2.24) is 10.6 Å². The van der Waals surface area contributed by atoms with Crippen LogP contribution in [0.3, 0.4) is 0 Å². The fourth-order valence-corrected chi connectivity index (χ4v) is 2.98. The van der Waals surface area contributed by atoms with E-state index in [4.69, 9.17) is 0 Å². The molecule has 1 fully saturated rings. The van der Waals surface area contributed by atoms with Gasteiger partial charge in [0.1, 0.15) is 11.2 Å². The molecular formula is C21H23FN2O2. The van der Waals surface area contributed by atoms with Gasteiger partial charge in [-0.05, 0) is 49.4 Å². The molecule has 4 nitrogen and oxygen atoms in total. The van der Waals surface area contributed by atoms with E-state index in [1.165, 1.54) is 12.1 Å². The van der Waals surface area contributed by atoms with E-state index < -0.39 is 5.41 Å². The van der Waals surface area contributed by atoms with Crippen LogP contribution in [0.25, 0.3) is 0 Å². The van der Waals surface area contributed by atoms with E-state index in [1.54, 1.807) is 12.1 Å². The maximum Gasteiger partial charge on any atom is 0.236 e. The maximum absolute atomic E-state index is 12.9. The molecule has 0 aliphatic heterocycles. The molecule has 5 heteroatoms. The van der Waals surface area contributed by atoms with Crippen LogP contribution >= 0.6 is 0 Å². The average Bonchev–Trinajstić information content (AvgIpc) is 3.46. The van der Waals surface area contributed by atoms with Crippen LogP contribution in [0.1, 0.15) is 36.9 Å². The second kappa shape index (κ2) is 7.68. The third-order valence-electron chi connectivity index (χ3n) is 4.88. The Hall–Kier alpha value is -2.69. The van der Waals surface area contributed by atoms with E-state index in [0.717, 1.165) is 11.1 Å². The highest BCUT2D eigenvalue weighted by Gasteiger charge is 2.56. The highest BCUT2D eigenvalue weighted by atomic mass is 19.1. The summed E-state index contributed by atoms with van der Waals surface area (Å²) in [7, 11) is 0. The van der Waals surface area contributed by atoms with E-state index in [1.807, 2.05) is 37.3 Å². The highest BCUT2D eigenvalue weighted by Crippen LogP contribution is 2.46. The molecule has 1 aliphatic rings. The van der Waals surface area contributed by atoms with Crippen molar-refractivity contribution in [2.24, 2.45) is 5.41 Å². The van der Waals surface area contributed by atoms with Crippen LogP contribution in [-0.4, -0.2) is 18.4 Å². The van der Waals surface area contributed by atoms with E-state index in [0.29, 0.717) is 25.8 Å². The molecule has 1 atom stereocenters. The molecule has 3 rings (SSSR count).